The van der Waals surface area contributed by atoms with Gasteiger partial charge in [-0.05, 0) is 39.0 Å². The Bertz CT molecular complexity index is 387. The summed E-state index contributed by atoms with van der Waals surface area (Å²) in [6.07, 6.45) is 7.36. The topological polar surface area (TPSA) is 57.1 Å². The van der Waals surface area contributed by atoms with Crippen LogP contribution in [-0.2, 0) is 18.2 Å². The van der Waals surface area contributed by atoms with Crippen LogP contribution >= 0.6 is 7.82 Å². The highest BCUT2D eigenvalue weighted by molar-refractivity contribution is 7.48. The molecule has 1 fully saturated rings. The molecule has 0 heterocycles. The fraction of sp³-hybridized carbons (Fsp3) is 0.800. The molecule has 1 aliphatic rings. The van der Waals surface area contributed by atoms with Gasteiger partial charge >= 0.3 is 7.82 Å². The minimum Gasteiger partial charge on any atom is -0.292 e. The second kappa shape index (κ2) is 9.39. The number of phosphoric acid groups is 1. The molecule has 21 heavy (non-hydrogen) atoms. The van der Waals surface area contributed by atoms with Gasteiger partial charge in [0.1, 0.15) is 0 Å². The van der Waals surface area contributed by atoms with Crippen LogP contribution in [0.3, 0.4) is 0 Å². The van der Waals surface area contributed by atoms with Crippen molar-refractivity contribution in [2.24, 2.45) is 17.0 Å². The highest BCUT2D eigenvalue weighted by Gasteiger charge is 2.30. The quantitative estimate of drug-likeness (QED) is 0.261. The van der Waals surface area contributed by atoms with Gasteiger partial charge in [-0.3, -0.25) is 13.7 Å². The minimum atomic E-state index is -3.58. The minimum absolute atomic E-state index is 0.257. The lowest BCUT2D eigenvalue weighted by Crippen LogP contribution is -2.25. The van der Waals surface area contributed by atoms with Gasteiger partial charge in [0.25, 0.3) is 0 Å². The van der Waals surface area contributed by atoms with E-state index >= 15 is 0 Å². The largest absolute Gasteiger partial charge is 0.550 e. The summed E-state index contributed by atoms with van der Waals surface area (Å²) in [6.45, 7) is 9.95. The SMILES string of the molecule is C=C[C@@H]1CCCC[C@H]1/C(CC)=N/OP(=O)(OCC)OCC. The van der Waals surface area contributed by atoms with Gasteiger partial charge in [-0.15, -0.1) is 6.58 Å². The molecule has 0 spiro atoms. The lowest BCUT2D eigenvalue weighted by atomic mass is 9.76. The standard InChI is InChI=1S/C15H28NO4P/c1-5-13-11-9-10-12-14(13)15(6-2)16-20-21(17,18-7-3)19-8-4/h5,13-14H,1,6-12H2,2-4H3/b16-15+/t13-,14-/m1/s1. The highest BCUT2D eigenvalue weighted by Crippen LogP contribution is 2.49. The summed E-state index contributed by atoms with van der Waals surface area (Å²) >= 11 is 0. The van der Waals surface area contributed by atoms with Crippen LogP contribution in [0.2, 0.25) is 0 Å². The third kappa shape index (κ3) is 5.57. The number of allylic oxidation sites excluding steroid dienone is 1. The van der Waals surface area contributed by atoms with E-state index in [0.717, 1.165) is 25.0 Å². The Morgan fingerprint density at radius 1 is 1.24 bits per heavy atom. The molecule has 2 atom stereocenters. The predicted octanol–water partition coefficient (Wildman–Crippen LogP) is 4.94. The van der Waals surface area contributed by atoms with Gasteiger partial charge in [-0.25, -0.2) is 4.57 Å². The van der Waals surface area contributed by atoms with E-state index in [4.69, 9.17) is 13.7 Å². The zero-order valence-electron chi connectivity index (χ0n) is 13.4. The molecule has 1 saturated carbocycles. The molecular weight excluding hydrogens is 289 g/mol. The highest BCUT2D eigenvalue weighted by atomic mass is 31.2. The molecule has 0 aliphatic heterocycles. The molecule has 0 saturated heterocycles. The average molecular weight is 317 g/mol. The van der Waals surface area contributed by atoms with Crippen LogP contribution in [0, 0.1) is 11.8 Å². The van der Waals surface area contributed by atoms with E-state index in [1.165, 1.54) is 12.8 Å². The van der Waals surface area contributed by atoms with Crippen LogP contribution in [0.5, 0.6) is 0 Å². The summed E-state index contributed by atoms with van der Waals surface area (Å²) in [5, 5.41) is 4.13. The summed E-state index contributed by atoms with van der Waals surface area (Å²) in [7, 11) is -3.58. The lowest BCUT2D eigenvalue weighted by molar-refractivity contribution is 0.123. The molecule has 1 rings (SSSR count). The van der Waals surface area contributed by atoms with E-state index in [1.54, 1.807) is 13.8 Å². The molecule has 122 valence electrons. The zero-order valence-corrected chi connectivity index (χ0v) is 14.3. The van der Waals surface area contributed by atoms with Crippen LogP contribution in [0.4, 0.5) is 0 Å². The lowest BCUT2D eigenvalue weighted by Gasteiger charge is -2.29. The Morgan fingerprint density at radius 2 is 1.86 bits per heavy atom. The van der Waals surface area contributed by atoms with Crippen LogP contribution < -0.4 is 0 Å². The van der Waals surface area contributed by atoms with Crippen LogP contribution in [0.15, 0.2) is 17.8 Å². The molecule has 0 bridgehead atoms. The number of phosphoric ester groups is 1. The summed E-state index contributed by atoms with van der Waals surface area (Å²) < 4.78 is 27.6. The monoisotopic (exact) mass is 317 g/mol. The number of rotatable bonds is 9. The fourth-order valence-corrected chi connectivity index (χ4v) is 3.76. The maximum Gasteiger partial charge on any atom is 0.550 e. The van der Waals surface area contributed by atoms with E-state index in [2.05, 4.69) is 11.7 Å². The van der Waals surface area contributed by atoms with Crippen molar-refractivity contribution in [3.63, 3.8) is 0 Å². The van der Waals surface area contributed by atoms with E-state index < -0.39 is 7.82 Å². The molecule has 0 aromatic heterocycles. The van der Waals surface area contributed by atoms with Gasteiger partial charge in [0, 0.05) is 5.92 Å². The van der Waals surface area contributed by atoms with Gasteiger partial charge in [0.05, 0.1) is 18.9 Å². The Hall–Kier alpha value is -0.640. The molecule has 0 unspecified atom stereocenters. The van der Waals surface area contributed by atoms with Crippen molar-refractivity contribution in [3.8, 4) is 0 Å². The van der Waals surface area contributed by atoms with Crippen molar-refractivity contribution >= 4 is 13.5 Å². The van der Waals surface area contributed by atoms with E-state index in [-0.39, 0.29) is 13.2 Å². The Kier molecular flexibility index (Phi) is 8.23. The second-order valence-electron chi connectivity index (χ2n) is 5.09. The maximum atomic E-state index is 12.3. The van der Waals surface area contributed by atoms with Crippen LogP contribution in [-0.4, -0.2) is 18.9 Å². The normalized spacial score (nSPS) is 23.9. The van der Waals surface area contributed by atoms with Gasteiger partial charge in [-0.2, -0.15) is 0 Å². The Labute approximate surface area is 128 Å². The third-order valence-electron chi connectivity index (χ3n) is 3.74. The van der Waals surface area contributed by atoms with Crippen LogP contribution in [0.25, 0.3) is 0 Å². The molecule has 0 amide bonds. The van der Waals surface area contributed by atoms with E-state index in [9.17, 15) is 4.57 Å². The second-order valence-corrected chi connectivity index (χ2v) is 6.67. The van der Waals surface area contributed by atoms with Gasteiger partial charge < -0.3 is 0 Å². The predicted molar refractivity (Wildman–Crippen MR) is 85.3 cm³/mol. The van der Waals surface area contributed by atoms with Crippen molar-refractivity contribution < 1.29 is 18.2 Å². The number of hydrogen-bond donors (Lipinski definition) is 0. The first-order valence-corrected chi connectivity index (χ1v) is 9.33. The molecule has 5 nitrogen and oxygen atoms in total. The molecular formula is C15H28NO4P. The Morgan fingerprint density at radius 3 is 2.38 bits per heavy atom. The molecule has 6 heteroatoms. The number of nitrogens with zero attached hydrogens (tertiary/aromatic N) is 1. The summed E-state index contributed by atoms with van der Waals surface area (Å²) in [6, 6.07) is 0. The van der Waals surface area contributed by atoms with Crippen molar-refractivity contribution in [1.29, 1.82) is 0 Å². The van der Waals surface area contributed by atoms with Gasteiger partial charge in [-0.1, -0.05) is 31.0 Å². The van der Waals surface area contributed by atoms with E-state index in [1.807, 2.05) is 13.0 Å². The molecule has 0 aromatic rings. The van der Waals surface area contributed by atoms with Crippen molar-refractivity contribution in [2.75, 3.05) is 13.2 Å². The van der Waals surface area contributed by atoms with E-state index in [0.29, 0.717) is 11.8 Å². The fourth-order valence-electron chi connectivity index (χ4n) is 2.75. The van der Waals surface area contributed by atoms with Gasteiger partial charge in [0.15, 0.2) is 0 Å². The first-order chi connectivity index (χ1) is 10.1. The molecule has 0 N–H and O–H groups in total. The van der Waals surface area contributed by atoms with Crippen molar-refractivity contribution in [3.05, 3.63) is 12.7 Å². The first kappa shape index (κ1) is 18.4. The number of hydrogen-bond acceptors (Lipinski definition) is 5. The first-order valence-electron chi connectivity index (χ1n) is 7.87. The summed E-state index contributed by atoms with van der Waals surface area (Å²) in [5.74, 6) is 0.734. The summed E-state index contributed by atoms with van der Waals surface area (Å²) in [5.41, 5.74) is 0.916. The zero-order chi connectivity index (χ0) is 15.7. The van der Waals surface area contributed by atoms with Crippen molar-refractivity contribution in [2.45, 2.75) is 52.9 Å². The Balaban J connectivity index is 2.81. The van der Waals surface area contributed by atoms with Crippen molar-refractivity contribution in [1.82, 2.24) is 0 Å². The van der Waals surface area contributed by atoms with Gasteiger partial charge in [0.2, 0.25) is 0 Å². The molecule has 0 aromatic carbocycles. The number of oxime groups is 1. The van der Waals surface area contributed by atoms with Crippen LogP contribution in [0.1, 0.15) is 52.9 Å². The third-order valence-corrected chi connectivity index (χ3v) is 5.18. The molecule has 1 aliphatic carbocycles. The summed E-state index contributed by atoms with van der Waals surface area (Å²) in [4.78, 5) is 0. The smallest absolute Gasteiger partial charge is 0.292 e. The molecule has 0 radical (unpaired) electrons. The maximum absolute atomic E-state index is 12.3. The average Bonchev–Trinajstić information content (AvgIpc) is 2.49.